The van der Waals surface area contributed by atoms with E-state index in [4.69, 9.17) is 9.47 Å². The lowest BCUT2D eigenvalue weighted by molar-refractivity contribution is 0.0984. The largest absolute Gasteiger partial charge is 0.497 e. The average Bonchev–Trinajstić information content (AvgIpc) is 2.92. The van der Waals surface area contributed by atoms with Crippen molar-refractivity contribution in [1.82, 2.24) is 4.98 Å². The van der Waals surface area contributed by atoms with Gasteiger partial charge in [0.1, 0.15) is 16.5 Å². The summed E-state index contributed by atoms with van der Waals surface area (Å²) in [6.07, 6.45) is 1.66. The maximum Gasteiger partial charge on any atom is 0.261 e. The van der Waals surface area contributed by atoms with Gasteiger partial charge in [-0.1, -0.05) is 11.8 Å². The number of rotatable bonds is 5. The fourth-order valence-corrected chi connectivity index (χ4v) is 4.43. The van der Waals surface area contributed by atoms with Crippen molar-refractivity contribution in [3.05, 3.63) is 65.9 Å². The minimum atomic E-state index is -0.296. The lowest BCUT2D eigenvalue weighted by Crippen LogP contribution is -2.30. The topological polar surface area (TPSA) is 80.8 Å². The predicted molar refractivity (Wildman–Crippen MR) is 120 cm³/mol. The molecule has 0 saturated carbocycles. The molecule has 0 fully saturated rings. The molecule has 0 spiro atoms. The Kier molecular flexibility index (Phi) is 5.81. The minimum absolute atomic E-state index is 0.102. The van der Waals surface area contributed by atoms with E-state index in [0.29, 0.717) is 39.9 Å². The number of anilines is 2. The number of fused-ring (bicyclic) bond motifs is 2. The highest BCUT2D eigenvalue weighted by Crippen LogP contribution is 2.41. The summed E-state index contributed by atoms with van der Waals surface area (Å²) in [6, 6.07) is 14.0. The van der Waals surface area contributed by atoms with Crippen molar-refractivity contribution >= 4 is 35.0 Å². The molecule has 1 aliphatic heterocycles. The molecule has 3 aromatic rings. The van der Waals surface area contributed by atoms with Crippen LogP contribution in [0.2, 0.25) is 0 Å². The number of ether oxygens (including phenoxy) is 2. The molecule has 8 heteroatoms. The van der Waals surface area contributed by atoms with Crippen molar-refractivity contribution in [3.63, 3.8) is 0 Å². The van der Waals surface area contributed by atoms with Gasteiger partial charge in [0.25, 0.3) is 11.8 Å². The first-order valence-corrected chi connectivity index (χ1v) is 10.5. The van der Waals surface area contributed by atoms with Gasteiger partial charge >= 0.3 is 0 Å². The molecule has 158 valence electrons. The van der Waals surface area contributed by atoms with Crippen molar-refractivity contribution in [2.45, 2.75) is 16.8 Å². The van der Waals surface area contributed by atoms with Crippen LogP contribution >= 0.6 is 11.8 Å². The van der Waals surface area contributed by atoms with E-state index >= 15 is 0 Å². The Morgan fingerprint density at radius 1 is 1.13 bits per heavy atom. The molecule has 4 rings (SSSR count). The van der Waals surface area contributed by atoms with Gasteiger partial charge in [0.2, 0.25) is 0 Å². The van der Waals surface area contributed by atoms with Crippen molar-refractivity contribution in [3.8, 4) is 11.5 Å². The summed E-state index contributed by atoms with van der Waals surface area (Å²) >= 11 is 1.38. The zero-order chi connectivity index (χ0) is 22.0. The minimum Gasteiger partial charge on any atom is -0.497 e. The van der Waals surface area contributed by atoms with Crippen LogP contribution in [0.25, 0.3) is 0 Å². The number of nitrogens with zero attached hydrogens (tertiary/aromatic N) is 2. The van der Waals surface area contributed by atoms with Gasteiger partial charge in [0.15, 0.2) is 0 Å². The second-order valence-electron chi connectivity index (χ2n) is 6.71. The fourth-order valence-electron chi connectivity index (χ4n) is 3.37. The third-order valence-corrected chi connectivity index (χ3v) is 6.00. The van der Waals surface area contributed by atoms with Gasteiger partial charge in [-0.3, -0.25) is 9.59 Å². The van der Waals surface area contributed by atoms with Gasteiger partial charge in [-0.25, -0.2) is 4.98 Å². The summed E-state index contributed by atoms with van der Waals surface area (Å²) in [7, 11) is 3.10. The van der Waals surface area contributed by atoms with E-state index in [1.165, 1.54) is 18.9 Å². The summed E-state index contributed by atoms with van der Waals surface area (Å²) in [4.78, 5) is 32.8. The van der Waals surface area contributed by atoms with Crippen LogP contribution in [0.4, 0.5) is 11.4 Å². The van der Waals surface area contributed by atoms with E-state index in [1.54, 1.807) is 66.7 Å². The highest BCUT2D eigenvalue weighted by molar-refractivity contribution is 7.99. The number of hydrogen-bond acceptors (Lipinski definition) is 6. The predicted octanol–water partition coefficient (Wildman–Crippen LogP) is 4.48. The molecule has 0 unspecified atom stereocenters. The van der Waals surface area contributed by atoms with E-state index in [2.05, 4.69) is 10.3 Å². The van der Waals surface area contributed by atoms with Crippen LogP contribution in [0, 0.1) is 0 Å². The molecule has 0 aliphatic carbocycles. The van der Waals surface area contributed by atoms with E-state index in [-0.39, 0.29) is 11.8 Å². The van der Waals surface area contributed by atoms with Crippen LogP contribution in [-0.2, 0) is 0 Å². The molecule has 2 amide bonds. The summed E-state index contributed by atoms with van der Waals surface area (Å²) in [6.45, 7) is 2.43. The number of carbonyl (C=O) groups is 2. The highest BCUT2D eigenvalue weighted by Gasteiger charge is 2.27. The first-order valence-electron chi connectivity index (χ1n) is 9.68. The van der Waals surface area contributed by atoms with Gasteiger partial charge < -0.3 is 19.7 Å². The number of benzene rings is 2. The third kappa shape index (κ3) is 3.94. The van der Waals surface area contributed by atoms with Crippen LogP contribution in [0.15, 0.2) is 64.6 Å². The Hall–Kier alpha value is -3.52. The average molecular weight is 436 g/mol. The Balaban J connectivity index is 1.70. The standard InChI is InChI=1S/C23H21N3O4S/c1-4-26-18-9-7-14(12-20(18)31-22-16(23(26)28)6-5-11-24-22)21(27)25-17-13-15(29-2)8-10-19(17)30-3/h5-13H,4H2,1-3H3,(H,25,27). The van der Waals surface area contributed by atoms with Gasteiger partial charge in [-0.2, -0.15) is 0 Å². The first kappa shape index (κ1) is 20.7. The molecule has 2 aromatic carbocycles. The summed E-state index contributed by atoms with van der Waals surface area (Å²) < 4.78 is 10.6. The monoisotopic (exact) mass is 435 g/mol. The Bertz CT molecular complexity index is 1170. The highest BCUT2D eigenvalue weighted by atomic mass is 32.2. The second-order valence-corrected chi connectivity index (χ2v) is 7.74. The summed E-state index contributed by atoms with van der Waals surface area (Å²) in [5, 5.41) is 3.50. The number of aromatic nitrogens is 1. The molecule has 0 bridgehead atoms. The molecule has 1 aromatic heterocycles. The zero-order valence-corrected chi connectivity index (χ0v) is 18.2. The first-order chi connectivity index (χ1) is 15.0. The number of nitrogens with one attached hydrogen (secondary N) is 1. The van der Waals surface area contributed by atoms with Crippen LogP contribution in [0.3, 0.4) is 0 Å². The Morgan fingerprint density at radius 2 is 1.97 bits per heavy atom. The molecule has 0 radical (unpaired) electrons. The maximum atomic E-state index is 13.0. The van der Waals surface area contributed by atoms with Crippen LogP contribution < -0.4 is 19.7 Å². The van der Waals surface area contributed by atoms with Gasteiger partial charge in [-0.05, 0) is 49.4 Å². The smallest absolute Gasteiger partial charge is 0.261 e. The second kappa shape index (κ2) is 8.69. The number of pyridine rings is 1. The third-order valence-electron chi connectivity index (χ3n) is 4.94. The number of carbonyl (C=O) groups excluding carboxylic acids is 2. The van der Waals surface area contributed by atoms with Crippen molar-refractivity contribution in [2.75, 3.05) is 31.0 Å². The Morgan fingerprint density at radius 3 is 2.71 bits per heavy atom. The van der Waals surface area contributed by atoms with Gasteiger partial charge in [-0.15, -0.1) is 0 Å². The summed E-state index contributed by atoms with van der Waals surface area (Å²) in [5.41, 5.74) is 2.27. The molecule has 1 N–H and O–H groups in total. The number of methoxy groups -OCH3 is 2. The molecule has 7 nitrogen and oxygen atoms in total. The molecular weight excluding hydrogens is 414 g/mol. The van der Waals surface area contributed by atoms with Gasteiger partial charge in [0.05, 0.1) is 31.2 Å². The SMILES string of the molecule is CCN1C(=O)c2cccnc2Sc2cc(C(=O)Nc3cc(OC)ccc3OC)ccc21. The molecular formula is C23H21N3O4S. The molecule has 0 saturated heterocycles. The number of hydrogen-bond donors (Lipinski definition) is 1. The fraction of sp³-hybridized carbons (Fsp3) is 0.174. The van der Waals surface area contributed by atoms with Crippen LogP contribution in [0.5, 0.6) is 11.5 Å². The van der Waals surface area contributed by atoms with Crippen LogP contribution in [-0.4, -0.2) is 37.6 Å². The molecule has 31 heavy (non-hydrogen) atoms. The van der Waals surface area contributed by atoms with Crippen molar-refractivity contribution in [2.24, 2.45) is 0 Å². The molecule has 2 heterocycles. The normalized spacial score (nSPS) is 12.5. The van der Waals surface area contributed by atoms with Crippen LogP contribution in [0.1, 0.15) is 27.6 Å². The van der Waals surface area contributed by atoms with Crippen molar-refractivity contribution < 1.29 is 19.1 Å². The van der Waals surface area contributed by atoms with E-state index in [9.17, 15) is 9.59 Å². The molecule has 0 atom stereocenters. The lowest BCUT2D eigenvalue weighted by Gasteiger charge is -2.21. The van der Waals surface area contributed by atoms with E-state index in [0.717, 1.165) is 10.6 Å². The zero-order valence-electron chi connectivity index (χ0n) is 17.3. The quantitative estimate of drug-likeness (QED) is 0.636. The summed E-state index contributed by atoms with van der Waals surface area (Å²) in [5.74, 6) is 0.734. The lowest BCUT2D eigenvalue weighted by atomic mass is 10.1. The van der Waals surface area contributed by atoms with Gasteiger partial charge in [0, 0.05) is 29.3 Å². The Labute approximate surface area is 184 Å². The van der Waals surface area contributed by atoms with E-state index < -0.39 is 0 Å². The number of amides is 2. The maximum absolute atomic E-state index is 13.0. The van der Waals surface area contributed by atoms with E-state index in [1.807, 2.05) is 6.92 Å². The molecule has 1 aliphatic rings. The van der Waals surface area contributed by atoms with Crippen molar-refractivity contribution in [1.29, 1.82) is 0 Å².